The number of ether oxygens (including phenoxy) is 2. The lowest BCUT2D eigenvalue weighted by Gasteiger charge is -1.93. The minimum absolute atomic E-state index is 0.957. The molecule has 0 aromatic carbocycles. The summed E-state index contributed by atoms with van der Waals surface area (Å²) >= 11 is 0. The molecule has 0 aliphatic carbocycles. The molecule has 0 unspecified atom stereocenters. The van der Waals surface area contributed by atoms with Crippen LogP contribution in [0.1, 0.15) is 0 Å². The molecule has 0 spiro atoms. The summed E-state index contributed by atoms with van der Waals surface area (Å²) in [5.74, 6) is 0. The average molecular weight is 158 g/mol. The van der Waals surface area contributed by atoms with Gasteiger partial charge in [-0.1, -0.05) is 12.7 Å². The van der Waals surface area contributed by atoms with Gasteiger partial charge in [-0.15, -0.1) is 0 Å². The SMILES string of the molecule is C=CC=COC(=O)OC(=O)O. The quantitative estimate of drug-likeness (QED) is 0.285. The van der Waals surface area contributed by atoms with Crippen molar-refractivity contribution >= 4 is 12.3 Å². The van der Waals surface area contributed by atoms with E-state index in [1.54, 1.807) is 0 Å². The van der Waals surface area contributed by atoms with E-state index in [1.165, 1.54) is 12.2 Å². The molecule has 60 valence electrons. The Morgan fingerprint density at radius 3 is 2.55 bits per heavy atom. The lowest BCUT2D eigenvalue weighted by Crippen LogP contribution is -2.08. The van der Waals surface area contributed by atoms with Gasteiger partial charge >= 0.3 is 12.3 Å². The van der Waals surface area contributed by atoms with Crippen molar-refractivity contribution in [2.75, 3.05) is 0 Å². The number of carboxylic acid groups (broad SMARTS) is 1. The second-order valence-corrected chi connectivity index (χ2v) is 1.30. The van der Waals surface area contributed by atoms with E-state index in [0.717, 1.165) is 6.26 Å². The summed E-state index contributed by atoms with van der Waals surface area (Å²) in [7, 11) is 0. The summed E-state index contributed by atoms with van der Waals surface area (Å²) < 4.78 is 7.67. The Morgan fingerprint density at radius 1 is 1.45 bits per heavy atom. The molecule has 0 aromatic rings. The smallest absolute Gasteiger partial charge is 0.449 e. The molecule has 5 nitrogen and oxygen atoms in total. The van der Waals surface area contributed by atoms with Gasteiger partial charge in [-0.25, -0.2) is 9.59 Å². The largest absolute Gasteiger partial charge is 0.523 e. The molecule has 5 heteroatoms. The summed E-state index contributed by atoms with van der Waals surface area (Å²) in [5.41, 5.74) is 0. The molecule has 0 bridgehead atoms. The van der Waals surface area contributed by atoms with Crippen LogP contribution in [0, 0.1) is 0 Å². The third kappa shape index (κ3) is 6.10. The first-order chi connectivity index (χ1) is 5.16. The summed E-state index contributed by atoms with van der Waals surface area (Å²) in [5, 5.41) is 7.87. The van der Waals surface area contributed by atoms with Crippen molar-refractivity contribution in [2.45, 2.75) is 0 Å². The van der Waals surface area contributed by atoms with E-state index in [4.69, 9.17) is 5.11 Å². The molecule has 0 aliphatic heterocycles. The zero-order valence-corrected chi connectivity index (χ0v) is 5.52. The van der Waals surface area contributed by atoms with E-state index >= 15 is 0 Å². The third-order valence-electron chi connectivity index (χ3n) is 0.550. The maximum absolute atomic E-state index is 10.2. The molecule has 0 heterocycles. The highest BCUT2D eigenvalue weighted by atomic mass is 16.8. The molecule has 0 atom stereocenters. The Kier molecular flexibility index (Phi) is 4.22. The first-order valence-corrected chi connectivity index (χ1v) is 2.55. The predicted molar refractivity (Wildman–Crippen MR) is 34.9 cm³/mol. The maximum Gasteiger partial charge on any atom is 0.523 e. The van der Waals surface area contributed by atoms with Crippen molar-refractivity contribution in [3.05, 3.63) is 25.0 Å². The Morgan fingerprint density at radius 2 is 2.09 bits per heavy atom. The van der Waals surface area contributed by atoms with Crippen molar-refractivity contribution in [2.24, 2.45) is 0 Å². The Balaban J connectivity index is 3.61. The normalized spacial score (nSPS) is 9.09. The molecule has 1 N–H and O–H groups in total. The highest BCUT2D eigenvalue weighted by Crippen LogP contribution is 1.86. The fourth-order valence-corrected chi connectivity index (χ4v) is 0.246. The van der Waals surface area contributed by atoms with Crippen molar-refractivity contribution in [3.8, 4) is 0 Å². The van der Waals surface area contributed by atoms with Crippen LogP contribution in [-0.4, -0.2) is 17.4 Å². The molecule has 0 saturated carbocycles. The van der Waals surface area contributed by atoms with Crippen LogP contribution in [0.2, 0.25) is 0 Å². The first-order valence-electron chi connectivity index (χ1n) is 2.55. The number of carbonyl (C=O) groups is 2. The minimum Gasteiger partial charge on any atom is -0.449 e. The Hall–Kier alpha value is -1.78. The van der Waals surface area contributed by atoms with E-state index in [2.05, 4.69) is 16.1 Å². The lowest BCUT2D eigenvalue weighted by molar-refractivity contribution is 0.0757. The molecule has 0 amide bonds. The number of rotatable bonds is 2. The average Bonchev–Trinajstić information content (AvgIpc) is 1.86. The van der Waals surface area contributed by atoms with Crippen LogP contribution in [0.5, 0.6) is 0 Å². The fourth-order valence-electron chi connectivity index (χ4n) is 0.246. The van der Waals surface area contributed by atoms with Gasteiger partial charge in [0.25, 0.3) is 0 Å². The van der Waals surface area contributed by atoms with E-state index < -0.39 is 12.3 Å². The van der Waals surface area contributed by atoms with Gasteiger partial charge in [0.2, 0.25) is 0 Å². The molecule has 0 aliphatic rings. The van der Waals surface area contributed by atoms with E-state index in [1.807, 2.05) is 0 Å². The van der Waals surface area contributed by atoms with E-state index in [-0.39, 0.29) is 0 Å². The molecule has 0 saturated heterocycles. The highest BCUT2D eigenvalue weighted by molar-refractivity contribution is 5.75. The summed E-state index contributed by atoms with van der Waals surface area (Å²) in [4.78, 5) is 19.9. The van der Waals surface area contributed by atoms with Gasteiger partial charge in [-0.05, 0) is 6.08 Å². The van der Waals surface area contributed by atoms with Crippen LogP contribution >= 0.6 is 0 Å². The number of allylic oxidation sites excluding steroid dienone is 2. The summed E-state index contributed by atoms with van der Waals surface area (Å²) in [6, 6.07) is 0. The second-order valence-electron chi connectivity index (χ2n) is 1.30. The van der Waals surface area contributed by atoms with Crippen LogP contribution < -0.4 is 0 Å². The highest BCUT2D eigenvalue weighted by Gasteiger charge is 2.06. The monoisotopic (exact) mass is 158 g/mol. The standard InChI is InChI=1S/C6H6O5/c1-2-3-4-10-6(9)11-5(7)8/h2-4H,1H2,(H,7,8). The fraction of sp³-hybridized carbons (Fsp3) is 0. The Labute approximate surface area is 62.5 Å². The van der Waals surface area contributed by atoms with Gasteiger partial charge in [0.05, 0.1) is 6.26 Å². The van der Waals surface area contributed by atoms with Crippen LogP contribution in [0.3, 0.4) is 0 Å². The summed E-state index contributed by atoms with van der Waals surface area (Å²) in [6.07, 6.45) is 0.618. The van der Waals surface area contributed by atoms with Crippen molar-refractivity contribution in [1.82, 2.24) is 0 Å². The molecule has 0 fully saturated rings. The van der Waals surface area contributed by atoms with E-state index in [9.17, 15) is 9.59 Å². The number of hydrogen-bond acceptors (Lipinski definition) is 4. The van der Waals surface area contributed by atoms with Crippen molar-refractivity contribution < 1.29 is 24.2 Å². The lowest BCUT2D eigenvalue weighted by atomic mass is 10.6. The Bertz CT molecular complexity index is 193. The predicted octanol–water partition coefficient (Wildman–Crippen LogP) is 1.52. The molecule has 0 radical (unpaired) electrons. The second kappa shape index (κ2) is 5.04. The molecule has 11 heavy (non-hydrogen) atoms. The van der Waals surface area contributed by atoms with Gasteiger partial charge in [0.15, 0.2) is 0 Å². The minimum atomic E-state index is -1.71. The molecule has 0 aromatic heterocycles. The number of carbonyl (C=O) groups excluding carboxylic acids is 1. The summed E-state index contributed by atoms with van der Waals surface area (Å²) in [6.45, 7) is 3.28. The van der Waals surface area contributed by atoms with Gasteiger partial charge < -0.3 is 14.6 Å². The zero-order chi connectivity index (χ0) is 8.69. The van der Waals surface area contributed by atoms with Crippen molar-refractivity contribution in [3.63, 3.8) is 0 Å². The topological polar surface area (TPSA) is 72.8 Å². The van der Waals surface area contributed by atoms with Gasteiger partial charge in [-0.3, -0.25) is 0 Å². The van der Waals surface area contributed by atoms with Gasteiger partial charge in [-0.2, -0.15) is 0 Å². The van der Waals surface area contributed by atoms with Gasteiger partial charge in [0, 0.05) is 0 Å². The molecule has 0 rings (SSSR count). The maximum atomic E-state index is 10.2. The van der Waals surface area contributed by atoms with Crippen molar-refractivity contribution in [1.29, 1.82) is 0 Å². The first kappa shape index (κ1) is 9.22. The zero-order valence-electron chi connectivity index (χ0n) is 5.52. The third-order valence-corrected chi connectivity index (χ3v) is 0.550. The van der Waals surface area contributed by atoms with Crippen LogP contribution in [-0.2, 0) is 9.47 Å². The van der Waals surface area contributed by atoms with Crippen LogP contribution in [0.25, 0.3) is 0 Å². The van der Waals surface area contributed by atoms with E-state index in [0.29, 0.717) is 0 Å². The molecular weight excluding hydrogens is 152 g/mol. The van der Waals surface area contributed by atoms with Crippen LogP contribution in [0.15, 0.2) is 25.0 Å². The van der Waals surface area contributed by atoms with Crippen LogP contribution in [0.4, 0.5) is 9.59 Å². The van der Waals surface area contributed by atoms with Gasteiger partial charge in [0.1, 0.15) is 0 Å². The number of hydrogen-bond donors (Lipinski definition) is 1. The molecular formula is C6H6O5.